The van der Waals surface area contributed by atoms with Gasteiger partial charge in [-0.2, -0.15) is 0 Å². The lowest BCUT2D eigenvalue weighted by Gasteiger charge is -2.21. The number of methoxy groups -OCH3 is 1. The monoisotopic (exact) mass is 315 g/mol. The molecule has 0 saturated heterocycles. The molecule has 1 atom stereocenters. The van der Waals surface area contributed by atoms with E-state index in [0.29, 0.717) is 12.0 Å². The van der Waals surface area contributed by atoms with Crippen LogP contribution in [0.2, 0.25) is 0 Å². The molecule has 1 unspecified atom stereocenters. The molecule has 23 heavy (non-hydrogen) atoms. The summed E-state index contributed by atoms with van der Waals surface area (Å²) in [5.74, 6) is -0.219. The molecular formula is C18H21NO4. The van der Waals surface area contributed by atoms with Gasteiger partial charge >= 0.3 is 5.97 Å². The van der Waals surface area contributed by atoms with Crippen LogP contribution in [-0.2, 0) is 16.0 Å². The molecule has 5 heteroatoms. The highest BCUT2D eigenvalue weighted by molar-refractivity contribution is 5.95. The summed E-state index contributed by atoms with van der Waals surface area (Å²) >= 11 is 0. The van der Waals surface area contributed by atoms with Crippen molar-refractivity contribution >= 4 is 11.8 Å². The molecule has 122 valence electrons. The highest BCUT2D eigenvalue weighted by Crippen LogP contribution is 2.25. The zero-order chi connectivity index (χ0) is 17.1. The molecule has 0 bridgehead atoms. The van der Waals surface area contributed by atoms with Gasteiger partial charge in [0.1, 0.15) is 11.8 Å². The zero-order valence-corrected chi connectivity index (χ0v) is 13.8. The van der Waals surface area contributed by atoms with Gasteiger partial charge in [-0.05, 0) is 44.5 Å². The molecule has 1 aromatic heterocycles. The van der Waals surface area contributed by atoms with Crippen LogP contribution < -0.4 is 0 Å². The molecule has 0 spiro atoms. The minimum atomic E-state index is -0.558. The van der Waals surface area contributed by atoms with Gasteiger partial charge in [-0.15, -0.1) is 0 Å². The number of ether oxygens (including phenoxy) is 1. The van der Waals surface area contributed by atoms with Crippen LogP contribution in [-0.4, -0.2) is 28.5 Å². The first-order chi connectivity index (χ1) is 10.8. The smallest absolute Gasteiger partial charge is 0.329 e. The average molecular weight is 315 g/mol. The Bertz CT molecular complexity index is 728. The second-order valence-corrected chi connectivity index (χ2v) is 5.62. The fourth-order valence-electron chi connectivity index (χ4n) is 2.88. The predicted molar refractivity (Wildman–Crippen MR) is 86.8 cm³/mol. The Labute approximate surface area is 135 Å². The first kappa shape index (κ1) is 16.8. The van der Waals surface area contributed by atoms with E-state index in [1.807, 2.05) is 18.4 Å². The quantitative estimate of drug-likeness (QED) is 0.680. The van der Waals surface area contributed by atoms with E-state index in [2.05, 4.69) is 0 Å². The van der Waals surface area contributed by atoms with Crippen molar-refractivity contribution in [3.05, 3.63) is 52.8 Å². The highest BCUT2D eigenvalue weighted by atomic mass is 16.5. The summed E-state index contributed by atoms with van der Waals surface area (Å²) in [6, 6.07) is 7.94. The Morgan fingerprint density at radius 1 is 1.22 bits per heavy atom. The Morgan fingerprint density at radius 3 is 2.30 bits per heavy atom. The van der Waals surface area contributed by atoms with Crippen molar-refractivity contribution in [3.63, 3.8) is 0 Å². The van der Waals surface area contributed by atoms with Gasteiger partial charge in [-0.1, -0.05) is 12.1 Å². The molecule has 0 aliphatic heterocycles. The van der Waals surface area contributed by atoms with Gasteiger partial charge in [0.15, 0.2) is 5.78 Å². The average Bonchev–Trinajstić information content (AvgIpc) is 2.81. The summed E-state index contributed by atoms with van der Waals surface area (Å²) in [6.45, 7) is 5.21. The van der Waals surface area contributed by atoms with Crippen molar-refractivity contribution in [1.29, 1.82) is 0 Å². The van der Waals surface area contributed by atoms with Crippen molar-refractivity contribution in [2.24, 2.45) is 0 Å². The molecule has 2 aromatic rings. The molecule has 0 amide bonds. The van der Waals surface area contributed by atoms with E-state index in [-0.39, 0.29) is 17.5 Å². The van der Waals surface area contributed by atoms with Crippen LogP contribution >= 0.6 is 0 Å². The number of hydrogen-bond acceptors (Lipinski definition) is 4. The van der Waals surface area contributed by atoms with Crippen LogP contribution in [0.4, 0.5) is 0 Å². The molecule has 0 aliphatic rings. The van der Waals surface area contributed by atoms with Crippen molar-refractivity contribution in [2.45, 2.75) is 33.2 Å². The van der Waals surface area contributed by atoms with Gasteiger partial charge in [-0.3, -0.25) is 4.79 Å². The Kier molecular flexibility index (Phi) is 4.89. The van der Waals surface area contributed by atoms with Crippen molar-refractivity contribution in [2.75, 3.05) is 7.11 Å². The van der Waals surface area contributed by atoms with Gasteiger partial charge < -0.3 is 14.4 Å². The molecule has 0 saturated carbocycles. The standard InChI is InChI=1S/C18H21NO4/c1-11-9-16(13(3)20)12(2)19(11)17(18(22)23-4)10-14-5-7-15(21)8-6-14/h5-9,17,21H,10H2,1-4H3. The van der Waals surface area contributed by atoms with Crippen LogP contribution in [0.25, 0.3) is 0 Å². The normalized spacial score (nSPS) is 12.0. The highest BCUT2D eigenvalue weighted by Gasteiger charge is 2.26. The molecule has 1 aromatic carbocycles. The summed E-state index contributed by atoms with van der Waals surface area (Å²) < 4.78 is 6.79. The molecule has 0 fully saturated rings. The Hall–Kier alpha value is -2.56. The van der Waals surface area contributed by atoms with E-state index in [4.69, 9.17) is 4.74 Å². The van der Waals surface area contributed by atoms with Gasteiger partial charge in [0.05, 0.1) is 7.11 Å². The molecule has 5 nitrogen and oxygen atoms in total. The third-order valence-corrected chi connectivity index (χ3v) is 4.01. The number of aromatic nitrogens is 1. The maximum atomic E-state index is 12.3. The zero-order valence-electron chi connectivity index (χ0n) is 13.8. The number of Topliss-reactive ketones (excluding diaryl/α,β-unsaturated/α-hetero) is 1. The maximum absolute atomic E-state index is 12.3. The van der Waals surface area contributed by atoms with E-state index in [9.17, 15) is 14.7 Å². The fraction of sp³-hybridized carbons (Fsp3) is 0.333. The lowest BCUT2D eigenvalue weighted by molar-refractivity contribution is -0.144. The van der Waals surface area contributed by atoms with Gasteiger partial charge in [0, 0.05) is 23.4 Å². The van der Waals surface area contributed by atoms with E-state index in [0.717, 1.165) is 17.0 Å². The molecule has 0 radical (unpaired) electrons. The van der Waals surface area contributed by atoms with Crippen molar-refractivity contribution < 1.29 is 19.4 Å². The number of carbonyl (C=O) groups is 2. The van der Waals surface area contributed by atoms with Crippen LogP contribution in [0.5, 0.6) is 5.75 Å². The van der Waals surface area contributed by atoms with Gasteiger partial charge in [0.25, 0.3) is 0 Å². The number of nitrogens with zero attached hydrogens (tertiary/aromatic N) is 1. The first-order valence-electron chi connectivity index (χ1n) is 7.40. The molecule has 1 N–H and O–H groups in total. The van der Waals surface area contributed by atoms with Crippen LogP contribution in [0.1, 0.15) is 40.3 Å². The molecular weight excluding hydrogens is 294 g/mol. The number of hydrogen-bond donors (Lipinski definition) is 1. The number of ketones is 1. The second kappa shape index (κ2) is 6.69. The molecule has 1 heterocycles. The number of aryl methyl sites for hydroxylation is 1. The van der Waals surface area contributed by atoms with Gasteiger partial charge in [-0.25, -0.2) is 4.79 Å². The third-order valence-electron chi connectivity index (χ3n) is 4.01. The maximum Gasteiger partial charge on any atom is 0.329 e. The van der Waals surface area contributed by atoms with E-state index in [1.54, 1.807) is 30.3 Å². The topological polar surface area (TPSA) is 68.5 Å². The van der Waals surface area contributed by atoms with Crippen LogP contribution in [0, 0.1) is 13.8 Å². The van der Waals surface area contributed by atoms with Crippen LogP contribution in [0.15, 0.2) is 30.3 Å². The van der Waals surface area contributed by atoms with Crippen molar-refractivity contribution in [1.82, 2.24) is 4.57 Å². The number of benzene rings is 1. The number of phenols is 1. The summed E-state index contributed by atoms with van der Waals surface area (Å²) in [6.07, 6.45) is 0.417. The van der Waals surface area contributed by atoms with E-state index in [1.165, 1.54) is 14.0 Å². The molecule has 0 aliphatic carbocycles. The van der Waals surface area contributed by atoms with Crippen LogP contribution in [0.3, 0.4) is 0 Å². The van der Waals surface area contributed by atoms with E-state index >= 15 is 0 Å². The largest absolute Gasteiger partial charge is 0.508 e. The Balaban J connectivity index is 2.45. The lowest BCUT2D eigenvalue weighted by Crippen LogP contribution is -2.25. The third kappa shape index (κ3) is 3.44. The number of aromatic hydroxyl groups is 1. The summed E-state index contributed by atoms with van der Waals surface area (Å²) in [5.41, 5.74) is 3.10. The van der Waals surface area contributed by atoms with E-state index < -0.39 is 6.04 Å². The minimum Gasteiger partial charge on any atom is -0.508 e. The second-order valence-electron chi connectivity index (χ2n) is 5.62. The SMILES string of the molecule is COC(=O)C(Cc1ccc(O)cc1)n1c(C)cc(C(C)=O)c1C. The van der Waals surface area contributed by atoms with Crippen molar-refractivity contribution in [3.8, 4) is 5.75 Å². The predicted octanol–water partition coefficient (Wildman–Crippen LogP) is 2.97. The Morgan fingerprint density at radius 2 is 1.83 bits per heavy atom. The number of esters is 1. The summed E-state index contributed by atoms with van der Waals surface area (Å²) in [5, 5.41) is 9.38. The number of phenolic OH excluding ortho intramolecular Hbond substituents is 1. The fourth-order valence-corrected chi connectivity index (χ4v) is 2.88. The number of carbonyl (C=O) groups excluding carboxylic acids is 2. The summed E-state index contributed by atoms with van der Waals surface area (Å²) in [7, 11) is 1.35. The minimum absolute atomic E-state index is 0.0300. The lowest BCUT2D eigenvalue weighted by atomic mass is 10.0. The number of rotatable bonds is 5. The first-order valence-corrected chi connectivity index (χ1v) is 7.40. The van der Waals surface area contributed by atoms with Gasteiger partial charge in [0.2, 0.25) is 0 Å². The summed E-state index contributed by atoms with van der Waals surface area (Å²) in [4.78, 5) is 24.0. The molecule has 2 rings (SSSR count).